The number of rotatable bonds is 4. The number of aryl methyl sites for hydroxylation is 1. The van der Waals surface area contributed by atoms with E-state index in [1.807, 2.05) is 31.4 Å². The highest BCUT2D eigenvalue weighted by molar-refractivity contribution is 7.07. The number of benzene rings is 1. The van der Waals surface area contributed by atoms with Crippen LogP contribution in [0.1, 0.15) is 27.2 Å². The molecule has 0 aliphatic rings. The van der Waals surface area contributed by atoms with Gasteiger partial charge in [-0.25, -0.2) is 9.78 Å². The first-order valence-electron chi connectivity index (χ1n) is 5.92. The third-order valence-electron chi connectivity index (χ3n) is 3.03. The van der Waals surface area contributed by atoms with Crippen LogP contribution in [0.3, 0.4) is 0 Å². The lowest BCUT2D eigenvalue weighted by atomic mass is 10.0. The molecule has 0 fully saturated rings. The summed E-state index contributed by atoms with van der Waals surface area (Å²) in [6, 6.07) is 3.84. The molecule has 2 aromatic rings. The summed E-state index contributed by atoms with van der Waals surface area (Å²) in [4.78, 5) is 15.9. The minimum atomic E-state index is -0.307. The van der Waals surface area contributed by atoms with Crippen molar-refractivity contribution in [1.82, 2.24) is 4.98 Å². The first-order chi connectivity index (χ1) is 9.11. The standard InChI is InChI=1S/C14H16N2O2S/c1-9-4-11(15-6-12-7-19-8-16-12)5-13(10(9)2)14(17)18-3/h4-5,7-8,15H,6H2,1-3H3. The molecule has 0 aliphatic carbocycles. The second kappa shape index (κ2) is 5.84. The van der Waals surface area contributed by atoms with Gasteiger partial charge in [0, 0.05) is 11.1 Å². The zero-order chi connectivity index (χ0) is 13.8. The molecule has 4 nitrogen and oxygen atoms in total. The number of methoxy groups -OCH3 is 1. The van der Waals surface area contributed by atoms with Gasteiger partial charge in [0.05, 0.1) is 30.4 Å². The van der Waals surface area contributed by atoms with Gasteiger partial charge in [-0.05, 0) is 37.1 Å². The van der Waals surface area contributed by atoms with Crippen LogP contribution in [-0.2, 0) is 11.3 Å². The Balaban J connectivity index is 2.21. The van der Waals surface area contributed by atoms with E-state index < -0.39 is 0 Å². The summed E-state index contributed by atoms with van der Waals surface area (Å²) in [5.74, 6) is -0.307. The molecule has 1 aromatic heterocycles. The molecule has 0 radical (unpaired) electrons. The summed E-state index contributed by atoms with van der Waals surface area (Å²) in [6.45, 7) is 4.55. The van der Waals surface area contributed by atoms with Crippen molar-refractivity contribution >= 4 is 23.0 Å². The number of aromatic nitrogens is 1. The fraction of sp³-hybridized carbons (Fsp3) is 0.286. The molecule has 19 heavy (non-hydrogen) atoms. The van der Waals surface area contributed by atoms with Crippen LogP contribution in [0.15, 0.2) is 23.0 Å². The van der Waals surface area contributed by atoms with Gasteiger partial charge in [-0.15, -0.1) is 11.3 Å². The SMILES string of the molecule is COC(=O)c1cc(NCc2cscn2)cc(C)c1C. The quantitative estimate of drug-likeness (QED) is 0.872. The lowest BCUT2D eigenvalue weighted by Crippen LogP contribution is -2.07. The molecule has 0 unspecified atom stereocenters. The fourth-order valence-electron chi connectivity index (χ4n) is 1.80. The third kappa shape index (κ3) is 3.12. The molecule has 0 amide bonds. The number of carbonyl (C=O) groups is 1. The Labute approximate surface area is 116 Å². The van der Waals surface area contributed by atoms with E-state index in [9.17, 15) is 4.79 Å². The van der Waals surface area contributed by atoms with Crippen molar-refractivity contribution in [3.63, 3.8) is 0 Å². The molecule has 0 saturated heterocycles. The Morgan fingerprint density at radius 1 is 1.42 bits per heavy atom. The van der Waals surface area contributed by atoms with E-state index >= 15 is 0 Å². The molecule has 2 rings (SSSR count). The summed E-state index contributed by atoms with van der Waals surface area (Å²) < 4.78 is 4.80. The van der Waals surface area contributed by atoms with Crippen LogP contribution < -0.4 is 5.32 Å². The molecule has 100 valence electrons. The van der Waals surface area contributed by atoms with Gasteiger partial charge in [-0.2, -0.15) is 0 Å². The Morgan fingerprint density at radius 3 is 2.84 bits per heavy atom. The second-order valence-electron chi connectivity index (χ2n) is 4.29. The van der Waals surface area contributed by atoms with Gasteiger partial charge in [0.1, 0.15) is 0 Å². The summed E-state index contributed by atoms with van der Waals surface area (Å²) in [7, 11) is 1.40. The number of carbonyl (C=O) groups excluding carboxylic acids is 1. The minimum absolute atomic E-state index is 0.307. The number of thiazole rings is 1. The zero-order valence-electron chi connectivity index (χ0n) is 11.2. The molecule has 0 spiro atoms. The number of nitrogens with zero attached hydrogens (tertiary/aromatic N) is 1. The molecule has 1 aromatic carbocycles. The van der Waals surface area contributed by atoms with Crippen LogP contribution in [0.4, 0.5) is 5.69 Å². The number of ether oxygens (including phenoxy) is 1. The first kappa shape index (κ1) is 13.5. The van der Waals surface area contributed by atoms with Crippen molar-refractivity contribution < 1.29 is 9.53 Å². The number of anilines is 1. The highest BCUT2D eigenvalue weighted by Crippen LogP contribution is 2.21. The normalized spacial score (nSPS) is 10.3. The van der Waals surface area contributed by atoms with Crippen LogP contribution in [0, 0.1) is 13.8 Å². The van der Waals surface area contributed by atoms with Gasteiger partial charge >= 0.3 is 5.97 Å². The van der Waals surface area contributed by atoms with E-state index in [-0.39, 0.29) is 5.97 Å². The predicted octanol–water partition coefficient (Wildman–Crippen LogP) is 3.16. The molecule has 0 bridgehead atoms. The van der Waals surface area contributed by atoms with Gasteiger partial charge in [0.25, 0.3) is 0 Å². The number of nitrogens with one attached hydrogen (secondary N) is 1. The largest absolute Gasteiger partial charge is 0.465 e. The summed E-state index contributed by atoms with van der Waals surface area (Å²) in [6.07, 6.45) is 0. The van der Waals surface area contributed by atoms with Crippen molar-refractivity contribution in [1.29, 1.82) is 0 Å². The van der Waals surface area contributed by atoms with Crippen molar-refractivity contribution in [3.8, 4) is 0 Å². The van der Waals surface area contributed by atoms with Crippen molar-refractivity contribution in [2.45, 2.75) is 20.4 Å². The molecule has 0 aliphatic heterocycles. The average Bonchev–Trinajstić information content (AvgIpc) is 2.92. The molecule has 1 N–H and O–H groups in total. The molecule has 0 atom stereocenters. The Kier molecular flexibility index (Phi) is 4.16. The van der Waals surface area contributed by atoms with E-state index in [2.05, 4.69) is 10.3 Å². The molecule has 1 heterocycles. The zero-order valence-corrected chi connectivity index (χ0v) is 12.0. The van der Waals surface area contributed by atoms with E-state index in [4.69, 9.17) is 4.74 Å². The third-order valence-corrected chi connectivity index (χ3v) is 3.67. The molecule has 0 saturated carbocycles. The first-order valence-corrected chi connectivity index (χ1v) is 6.86. The Hall–Kier alpha value is -1.88. The van der Waals surface area contributed by atoms with Crippen molar-refractivity contribution in [2.24, 2.45) is 0 Å². The van der Waals surface area contributed by atoms with Gasteiger partial charge in [0.2, 0.25) is 0 Å². The Morgan fingerprint density at radius 2 is 2.21 bits per heavy atom. The van der Waals surface area contributed by atoms with Crippen LogP contribution in [0.25, 0.3) is 0 Å². The highest BCUT2D eigenvalue weighted by Gasteiger charge is 2.12. The van der Waals surface area contributed by atoms with Gasteiger partial charge in [-0.1, -0.05) is 0 Å². The maximum Gasteiger partial charge on any atom is 0.338 e. The van der Waals surface area contributed by atoms with Gasteiger partial charge < -0.3 is 10.1 Å². The van der Waals surface area contributed by atoms with Crippen LogP contribution in [0.2, 0.25) is 0 Å². The second-order valence-corrected chi connectivity index (χ2v) is 5.01. The summed E-state index contributed by atoms with van der Waals surface area (Å²) in [5, 5.41) is 5.27. The Bertz CT molecular complexity index is 579. The molecule has 5 heteroatoms. The van der Waals surface area contributed by atoms with E-state index in [0.717, 1.165) is 22.5 Å². The fourth-order valence-corrected chi connectivity index (χ4v) is 2.36. The lowest BCUT2D eigenvalue weighted by molar-refractivity contribution is 0.0600. The van der Waals surface area contributed by atoms with Gasteiger partial charge in [0.15, 0.2) is 0 Å². The van der Waals surface area contributed by atoms with Crippen LogP contribution in [0.5, 0.6) is 0 Å². The number of esters is 1. The molecular weight excluding hydrogens is 260 g/mol. The number of hydrogen-bond acceptors (Lipinski definition) is 5. The van der Waals surface area contributed by atoms with E-state index in [1.54, 1.807) is 16.8 Å². The molecular formula is C14H16N2O2S. The van der Waals surface area contributed by atoms with E-state index in [1.165, 1.54) is 7.11 Å². The predicted molar refractivity (Wildman–Crippen MR) is 76.7 cm³/mol. The maximum absolute atomic E-state index is 11.7. The topological polar surface area (TPSA) is 51.2 Å². The minimum Gasteiger partial charge on any atom is -0.465 e. The monoisotopic (exact) mass is 276 g/mol. The smallest absolute Gasteiger partial charge is 0.338 e. The average molecular weight is 276 g/mol. The maximum atomic E-state index is 11.7. The van der Waals surface area contributed by atoms with E-state index in [0.29, 0.717) is 12.1 Å². The van der Waals surface area contributed by atoms with Gasteiger partial charge in [-0.3, -0.25) is 0 Å². The summed E-state index contributed by atoms with van der Waals surface area (Å²) >= 11 is 1.57. The number of hydrogen-bond donors (Lipinski definition) is 1. The highest BCUT2D eigenvalue weighted by atomic mass is 32.1. The lowest BCUT2D eigenvalue weighted by Gasteiger charge is -2.12. The van der Waals surface area contributed by atoms with Crippen LogP contribution >= 0.6 is 11.3 Å². The van der Waals surface area contributed by atoms with Crippen LogP contribution in [-0.4, -0.2) is 18.1 Å². The van der Waals surface area contributed by atoms with Crippen molar-refractivity contribution in [3.05, 3.63) is 45.4 Å². The summed E-state index contributed by atoms with van der Waals surface area (Å²) in [5.41, 5.74) is 6.30. The van der Waals surface area contributed by atoms with Crippen molar-refractivity contribution in [2.75, 3.05) is 12.4 Å².